The van der Waals surface area contributed by atoms with Crippen LogP contribution in [0.3, 0.4) is 0 Å². The highest BCUT2D eigenvalue weighted by atomic mass is 19.1. The van der Waals surface area contributed by atoms with Crippen LogP contribution in [0, 0.1) is 24.6 Å². The highest BCUT2D eigenvalue weighted by Gasteiger charge is 2.50. The van der Waals surface area contributed by atoms with E-state index in [0.29, 0.717) is 24.9 Å². The molecule has 138 valence electrons. The molecule has 0 spiro atoms. The van der Waals surface area contributed by atoms with Gasteiger partial charge in [-0.3, -0.25) is 0 Å². The molecule has 3 atom stereocenters. The van der Waals surface area contributed by atoms with Gasteiger partial charge in [0.05, 0.1) is 6.04 Å². The Kier molecular flexibility index (Phi) is 4.05. The highest BCUT2D eigenvalue weighted by Crippen LogP contribution is 2.45. The number of anilines is 1. The molecule has 26 heavy (non-hydrogen) atoms. The van der Waals surface area contributed by atoms with Crippen molar-refractivity contribution in [3.63, 3.8) is 0 Å². The Morgan fingerprint density at radius 1 is 1.31 bits per heavy atom. The van der Waals surface area contributed by atoms with Crippen molar-refractivity contribution in [1.29, 1.82) is 0 Å². The summed E-state index contributed by atoms with van der Waals surface area (Å²) in [4.78, 5) is 22.6. The zero-order valence-electron chi connectivity index (χ0n) is 15.1. The van der Waals surface area contributed by atoms with Gasteiger partial charge >= 0.3 is 6.03 Å². The van der Waals surface area contributed by atoms with Crippen LogP contribution in [0.15, 0.2) is 28.8 Å². The fraction of sp³-hybridized carbons (Fsp3) is 0.500. The van der Waals surface area contributed by atoms with Crippen molar-refractivity contribution in [2.75, 3.05) is 38.6 Å². The van der Waals surface area contributed by atoms with Crippen LogP contribution in [-0.2, 0) is 0 Å². The number of hydrogen-bond acceptors (Lipinski definition) is 5. The molecule has 2 aromatic rings. The van der Waals surface area contributed by atoms with Crippen LogP contribution in [0.5, 0.6) is 0 Å². The minimum Gasteiger partial charge on any atom is -0.338 e. The molecule has 0 saturated carbocycles. The average Bonchev–Trinajstić information content (AvgIpc) is 3.27. The first-order valence-electron chi connectivity index (χ1n) is 8.72. The third-order valence-corrected chi connectivity index (χ3v) is 5.28. The fourth-order valence-electron chi connectivity index (χ4n) is 4.20. The SMILES string of the molecule is Cc1nc(N2C[C@@H]3CN(C(=O)N(C)C)[C@H](c4cccc(F)c4)[C@@H]3C2)no1. The van der Waals surface area contributed by atoms with Crippen LogP contribution >= 0.6 is 0 Å². The van der Waals surface area contributed by atoms with Crippen molar-refractivity contribution in [3.8, 4) is 0 Å². The number of carbonyl (C=O) groups excluding carboxylic acids is 1. The Bertz CT molecular complexity index is 823. The number of urea groups is 1. The molecule has 2 saturated heterocycles. The molecule has 2 aliphatic heterocycles. The second-order valence-electron chi connectivity index (χ2n) is 7.27. The van der Waals surface area contributed by atoms with Gasteiger partial charge in [0.1, 0.15) is 5.82 Å². The smallest absolute Gasteiger partial charge is 0.320 e. The van der Waals surface area contributed by atoms with Crippen molar-refractivity contribution in [2.24, 2.45) is 11.8 Å². The van der Waals surface area contributed by atoms with Gasteiger partial charge in [0.15, 0.2) is 0 Å². The van der Waals surface area contributed by atoms with E-state index in [1.165, 1.54) is 12.1 Å². The molecule has 1 aromatic carbocycles. The minimum absolute atomic E-state index is 0.0457. The lowest BCUT2D eigenvalue weighted by Crippen LogP contribution is -2.41. The number of nitrogens with zero attached hydrogens (tertiary/aromatic N) is 5. The molecule has 2 aliphatic rings. The fourth-order valence-corrected chi connectivity index (χ4v) is 4.20. The first-order chi connectivity index (χ1) is 12.4. The van der Waals surface area contributed by atoms with Crippen molar-refractivity contribution < 1.29 is 13.7 Å². The molecule has 0 bridgehead atoms. The topological polar surface area (TPSA) is 65.7 Å². The van der Waals surface area contributed by atoms with Gasteiger partial charge in [0.25, 0.3) is 5.95 Å². The summed E-state index contributed by atoms with van der Waals surface area (Å²) in [6.45, 7) is 3.87. The van der Waals surface area contributed by atoms with E-state index in [-0.39, 0.29) is 29.7 Å². The zero-order valence-corrected chi connectivity index (χ0v) is 15.1. The number of carbonyl (C=O) groups is 1. The Morgan fingerprint density at radius 3 is 2.77 bits per heavy atom. The molecule has 2 amide bonds. The summed E-state index contributed by atoms with van der Waals surface area (Å²) in [6.07, 6.45) is 0. The average molecular weight is 359 g/mol. The van der Waals surface area contributed by atoms with Crippen molar-refractivity contribution in [1.82, 2.24) is 19.9 Å². The summed E-state index contributed by atoms with van der Waals surface area (Å²) in [5.74, 6) is 1.31. The standard InChI is InChI=1S/C18H22FN5O2/c1-11-20-17(21-26-11)23-8-13-9-24(18(25)22(2)3)16(15(13)10-23)12-5-4-6-14(19)7-12/h4-7,13,15-16H,8-10H2,1-3H3/t13-,15-,16-/m1/s1. The minimum atomic E-state index is -0.285. The number of fused-ring (bicyclic) bond motifs is 1. The number of aromatic nitrogens is 2. The number of amides is 2. The van der Waals surface area contributed by atoms with Crippen LogP contribution < -0.4 is 4.90 Å². The first-order valence-corrected chi connectivity index (χ1v) is 8.72. The number of aryl methyl sites for hydroxylation is 1. The number of benzene rings is 1. The lowest BCUT2D eigenvalue weighted by atomic mass is 9.89. The maximum Gasteiger partial charge on any atom is 0.320 e. The predicted molar refractivity (Wildman–Crippen MR) is 93.2 cm³/mol. The molecule has 4 rings (SSSR count). The van der Waals surface area contributed by atoms with Crippen LogP contribution in [0.4, 0.5) is 15.1 Å². The van der Waals surface area contributed by atoms with E-state index in [1.807, 2.05) is 11.0 Å². The summed E-state index contributed by atoms with van der Waals surface area (Å²) in [5.41, 5.74) is 0.832. The summed E-state index contributed by atoms with van der Waals surface area (Å²) < 4.78 is 18.9. The number of likely N-dealkylation sites (tertiary alicyclic amines) is 1. The molecule has 1 aromatic heterocycles. The van der Waals surface area contributed by atoms with Crippen LogP contribution in [0.1, 0.15) is 17.5 Å². The van der Waals surface area contributed by atoms with Gasteiger partial charge in [-0.2, -0.15) is 4.98 Å². The second-order valence-corrected chi connectivity index (χ2v) is 7.27. The van der Waals surface area contributed by atoms with E-state index in [4.69, 9.17) is 4.52 Å². The maximum atomic E-state index is 13.8. The molecule has 8 heteroatoms. The van der Waals surface area contributed by atoms with Crippen LogP contribution in [0.25, 0.3) is 0 Å². The predicted octanol–water partition coefficient (Wildman–Crippen LogP) is 2.31. The van der Waals surface area contributed by atoms with E-state index in [9.17, 15) is 9.18 Å². The van der Waals surface area contributed by atoms with E-state index < -0.39 is 0 Å². The highest BCUT2D eigenvalue weighted by molar-refractivity contribution is 5.75. The van der Waals surface area contributed by atoms with Crippen molar-refractivity contribution in [2.45, 2.75) is 13.0 Å². The third kappa shape index (κ3) is 2.79. The number of halogens is 1. The third-order valence-electron chi connectivity index (χ3n) is 5.28. The van der Waals surface area contributed by atoms with E-state index in [0.717, 1.165) is 12.1 Å². The molecule has 0 aliphatic carbocycles. The molecular formula is C18H22FN5O2. The van der Waals surface area contributed by atoms with E-state index in [1.54, 1.807) is 32.0 Å². The lowest BCUT2D eigenvalue weighted by Gasteiger charge is -2.31. The normalized spacial score (nSPS) is 24.8. The van der Waals surface area contributed by atoms with Gasteiger partial charge < -0.3 is 19.2 Å². The van der Waals surface area contributed by atoms with Crippen molar-refractivity contribution in [3.05, 3.63) is 41.5 Å². The lowest BCUT2D eigenvalue weighted by molar-refractivity contribution is 0.159. The Labute approximate surface area is 151 Å². The molecule has 0 unspecified atom stereocenters. The summed E-state index contributed by atoms with van der Waals surface area (Å²) >= 11 is 0. The molecular weight excluding hydrogens is 337 g/mol. The molecule has 0 radical (unpaired) electrons. The Balaban J connectivity index is 1.65. The van der Waals surface area contributed by atoms with Gasteiger partial charge in [0, 0.05) is 52.5 Å². The van der Waals surface area contributed by atoms with E-state index >= 15 is 0 Å². The maximum absolute atomic E-state index is 13.8. The summed E-state index contributed by atoms with van der Waals surface area (Å²) in [5, 5.41) is 4.01. The van der Waals surface area contributed by atoms with Gasteiger partial charge in [-0.15, -0.1) is 0 Å². The van der Waals surface area contributed by atoms with E-state index in [2.05, 4.69) is 15.0 Å². The number of rotatable bonds is 2. The first kappa shape index (κ1) is 16.8. The van der Waals surface area contributed by atoms with Crippen molar-refractivity contribution >= 4 is 12.0 Å². The van der Waals surface area contributed by atoms with Crippen LogP contribution in [-0.4, -0.2) is 59.7 Å². The van der Waals surface area contributed by atoms with Gasteiger partial charge in [-0.25, -0.2) is 9.18 Å². The summed E-state index contributed by atoms with van der Waals surface area (Å²) in [6, 6.07) is 6.35. The van der Waals surface area contributed by atoms with Crippen LogP contribution in [0.2, 0.25) is 0 Å². The largest absolute Gasteiger partial charge is 0.338 e. The molecule has 7 nitrogen and oxygen atoms in total. The Hall–Kier alpha value is -2.64. The summed E-state index contributed by atoms with van der Waals surface area (Å²) in [7, 11) is 3.49. The quantitative estimate of drug-likeness (QED) is 0.823. The Morgan fingerprint density at radius 2 is 2.12 bits per heavy atom. The zero-order chi connectivity index (χ0) is 18.4. The van der Waals surface area contributed by atoms with Gasteiger partial charge in [-0.1, -0.05) is 12.1 Å². The molecule has 3 heterocycles. The second kappa shape index (κ2) is 6.26. The van der Waals surface area contributed by atoms with Gasteiger partial charge in [0.2, 0.25) is 5.89 Å². The van der Waals surface area contributed by atoms with Gasteiger partial charge in [-0.05, 0) is 22.9 Å². The monoisotopic (exact) mass is 359 g/mol. The number of hydrogen-bond donors (Lipinski definition) is 0. The molecule has 0 N–H and O–H groups in total. The molecule has 2 fully saturated rings.